The first kappa shape index (κ1) is 14.8. The van der Waals surface area contributed by atoms with Crippen LogP contribution >= 0.6 is 0 Å². The summed E-state index contributed by atoms with van der Waals surface area (Å²) in [5.74, 6) is -3.33. The monoisotopic (exact) mass is 293 g/mol. The number of hydrogen-bond acceptors (Lipinski definition) is 3. The highest BCUT2D eigenvalue weighted by Crippen LogP contribution is 2.21. The lowest BCUT2D eigenvalue weighted by Gasteiger charge is -2.08. The average molecular weight is 293 g/mol. The van der Waals surface area contributed by atoms with E-state index in [2.05, 4.69) is 5.32 Å². The molecule has 0 bridgehead atoms. The minimum Gasteiger partial charge on any atom is -0.507 e. The van der Waals surface area contributed by atoms with Crippen LogP contribution in [-0.4, -0.2) is 22.7 Å². The molecular weight excluding hydrogens is 280 g/mol. The predicted molar refractivity (Wildman–Crippen MR) is 73.6 cm³/mol. The SMILES string of the molecule is O=C(O)c1cc(NCCc2ccc(F)c(F)c2)ccc1O. The summed E-state index contributed by atoms with van der Waals surface area (Å²) in [5, 5.41) is 21.2. The Bertz CT molecular complexity index is 674. The lowest BCUT2D eigenvalue weighted by Crippen LogP contribution is -2.06. The molecule has 110 valence electrons. The van der Waals surface area contributed by atoms with Crippen LogP contribution in [0.3, 0.4) is 0 Å². The first-order chi connectivity index (χ1) is 9.97. The Morgan fingerprint density at radius 1 is 1.10 bits per heavy atom. The standard InChI is InChI=1S/C15H13F2NO3/c16-12-3-1-9(7-13(12)17)5-6-18-10-2-4-14(19)11(8-10)15(20)21/h1-4,7-8,18-19H,5-6H2,(H,20,21). The van der Waals surface area contributed by atoms with E-state index in [0.717, 1.165) is 12.1 Å². The highest BCUT2D eigenvalue weighted by molar-refractivity contribution is 5.91. The minimum atomic E-state index is -1.23. The molecule has 2 aromatic rings. The van der Waals surface area contributed by atoms with Gasteiger partial charge in [0.15, 0.2) is 11.6 Å². The summed E-state index contributed by atoms with van der Waals surface area (Å²) in [5.41, 5.74) is 0.944. The summed E-state index contributed by atoms with van der Waals surface area (Å²) in [6, 6.07) is 7.79. The molecule has 0 saturated heterocycles. The molecule has 0 aromatic heterocycles. The van der Waals surface area contributed by atoms with Gasteiger partial charge in [0.2, 0.25) is 0 Å². The molecule has 0 aliphatic rings. The van der Waals surface area contributed by atoms with Crippen molar-refractivity contribution in [2.75, 3.05) is 11.9 Å². The highest BCUT2D eigenvalue weighted by Gasteiger charge is 2.10. The molecule has 3 N–H and O–H groups in total. The maximum atomic E-state index is 13.0. The molecule has 0 fully saturated rings. The van der Waals surface area contributed by atoms with Crippen molar-refractivity contribution in [1.82, 2.24) is 0 Å². The van der Waals surface area contributed by atoms with Crippen LogP contribution in [0.1, 0.15) is 15.9 Å². The fourth-order valence-electron chi connectivity index (χ4n) is 1.86. The lowest BCUT2D eigenvalue weighted by molar-refractivity contribution is 0.0694. The number of benzene rings is 2. The molecule has 0 radical (unpaired) electrons. The van der Waals surface area contributed by atoms with Crippen molar-refractivity contribution >= 4 is 11.7 Å². The number of rotatable bonds is 5. The molecule has 0 spiro atoms. The molecule has 6 heteroatoms. The molecule has 0 unspecified atom stereocenters. The Balaban J connectivity index is 1.98. The minimum absolute atomic E-state index is 0.201. The molecule has 4 nitrogen and oxygen atoms in total. The van der Waals surface area contributed by atoms with Crippen molar-refractivity contribution < 1.29 is 23.8 Å². The summed E-state index contributed by atoms with van der Waals surface area (Å²) in [7, 11) is 0. The number of carbonyl (C=O) groups is 1. The molecule has 0 saturated carbocycles. The third kappa shape index (κ3) is 3.68. The number of nitrogens with one attached hydrogen (secondary N) is 1. The Morgan fingerprint density at radius 2 is 1.86 bits per heavy atom. The number of hydrogen-bond donors (Lipinski definition) is 3. The van der Waals surface area contributed by atoms with E-state index >= 15 is 0 Å². The second-order valence-corrected chi connectivity index (χ2v) is 4.46. The summed E-state index contributed by atoms with van der Waals surface area (Å²) >= 11 is 0. The van der Waals surface area contributed by atoms with Gasteiger partial charge in [-0.2, -0.15) is 0 Å². The van der Waals surface area contributed by atoms with Gasteiger partial charge in [0.05, 0.1) is 0 Å². The molecule has 0 atom stereocenters. The van der Waals surface area contributed by atoms with E-state index in [1.807, 2.05) is 0 Å². The molecule has 21 heavy (non-hydrogen) atoms. The van der Waals surface area contributed by atoms with E-state index < -0.39 is 17.6 Å². The van der Waals surface area contributed by atoms with Gasteiger partial charge in [-0.15, -0.1) is 0 Å². The predicted octanol–water partition coefficient (Wildman–Crippen LogP) is 3.02. The number of anilines is 1. The van der Waals surface area contributed by atoms with E-state index in [4.69, 9.17) is 5.11 Å². The zero-order chi connectivity index (χ0) is 15.4. The van der Waals surface area contributed by atoms with Crippen molar-refractivity contribution in [3.05, 3.63) is 59.2 Å². The van der Waals surface area contributed by atoms with Gasteiger partial charge in [0.1, 0.15) is 11.3 Å². The molecule has 0 aliphatic heterocycles. The van der Waals surface area contributed by atoms with Crippen LogP contribution < -0.4 is 5.32 Å². The number of halogens is 2. The van der Waals surface area contributed by atoms with Crippen LogP contribution in [0, 0.1) is 11.6 Å². The Kier molecular flexibility index (Phi) is 4.37. The second kappa shape index (κ2) is 6.21. The summed E-state index contributed by atoms with van der Waals surface area (Å²) in [6.45, 7) is 0.412. The Labute approximate surface area is 119 Å². The van der Waals surface area contributed by atoms with Gasteiger partial charge >= 0.3 is 5.97 Å². The third-order valence-electron chi connectivity index (χ3n) is 2.95. The zero-order valence-corrected chi connectivity index (χ0v) is 10.9. The van der Waals surface area contributed by atoms with E-state index in [9.17, 15) is 18.7 Å². The average Bonchev–Trinajstić information content (AvgIpc) is 2.44. The number of aromatic hydroxyl groups is 1. The molecule has 2 rings (SSSR count). The van der Waals surface area contributed by atoms with Crippen molar-refractivity contribution in [3.8, 4) is 5.75 Å². The molecule has 0 heterocycles. The topological polar surface area (TPSA) is 69.6 Å². The fraction of sp³-hybridized carbons (Fsp3) is 0.133. The van der Waals surface area contributed by atoms with Crippen LogP contribution in [0.2, 0.25) is 0 Å². The van der Waals surface area contributed by atoms with Crippen molar-refractivity contribution in [2.24, 2.45) is 0 Å². The maximum absolute atomic E-state index is 13.0. The molecular formula is C15H13F2NO3. The fourth-order valence-corrected chi connectivity index (χ4v) is 1.86. The number of carboxylic acid groups (broad SMARTS) is 1. The van der Waals surface area contributed by atoms with E-state index in [0.29, 0.717) is 24.2 Å². The maximum Gasteiger partial charge on any atom is 0.339 e. The van der Waals surface area contributed by atoms with E-state index in [1.54, 1.807) is 0 Å². The lowest BCUT2D eigenvalue weighted by atomic mass is 10.1. The van der Waals surface area contributed by atoms with E-state index in [1.165, 1.54) is 24.3 Å². The normalized spacial score (nSPS) is 10.4. The Hall–Kier alpha value is -2.63. The largest absolute Gasteiger partial charge is 0.507 e. The van der Waals surface area contributed by atoms with Gasteiger partial charge < -0.3 is 15.5 Å². The molecule has 2 aromatic carbocycles. The zero-order valence-electron chi connectivity index (χ0n) is 10.9. The summed E-state index contributed by atoms with van der Waals surface area (Å²) < 4.78 is 25.8. The van der Waals surface area contributed by atoms with Gasteiger partial charge in [-0.05, 0) is 42.3 Å². The van der Waals surface area contributed by atoms with Crippen molar-refractivity contribution in [3.63, 3.8) is 0 Å². The second-order valence-electron chi connectivity index (χ2n) is 4.46. The van der Waals surface area contributed by atoms with Crippen LogP contribution in [-0.2, 0) is 6.42 Å². The van der Waals surface area contributed by atoms with Crippen molar-refractivity contribution in [2.45, 2.75) is 6.42 Å². The number of aromatic carboxylic acids is 1. The van der Waals surface area contributed by atoms with Crippen LogP contribution in [0.4, 0.5) is 14.5 Å². The summed E-state index contributed by atoms with van der Waals surface area (Å²) in [6.07, 6.45) is 0.445. The third-order valence-corrected chi connectivity index (χ3v) is 2.95. The highest BCUT2D eigenvalue weighted by atomic mass is 19.2. The van der Waals surface area contributed by atoms with Gasteiger partial charge in [0, 0.05) is 12.2 Å². The number of carboxylic acids is 1. The first-order valence-corrected chi connectivity index (χ1v) is 6.21. The first-order valence-electron chi connectivity index (χ1n) is 6.21. The van der Waals surface area contributed by atoms with E-state index in [-0.39, 0.29) is 11.3 Å². The quantitative estimate of drug-likeness (QED) is 0.741. The smallest absolute Gasteiger partial charge is 0.339 e. The molecule has 0 amide bonds. The van der Waals surface area contributed by atoms with Crippen LogP contribution in [0.25, 0.3) is 0 Å². The van der Waals surface area contributed by atoms with Gasteiger partial charge in [-0.3, -0.25) is 0 Å². The van der Waals surface area contributed by atoms with Crippen LogP contribution in [0.15, 0.2) is 36.4 Å². The number of phenols is 1. The summed E-state index contributed by atoms with van der Waals surface area (Å²) in [4.78, 5) is 10.9. The van der Waals surface area contributed by atoms with Crippen LogP contribution in [0.5, 0.6) is 5.75 Å². The van der Waals surface area contributed by atoms with Gasteiger partial charge in [-0.1, -0.05) is 6.07 Å². The molecule has 0 aliphatic carbocycles. The van der Waals surface area contributed by atoms with Gasteiger partial charge in [-0.25, -0.2) is 13.6 Å². The Morgan fingerprint density at radius 3 is 2.52 bits per heavy atom. The van der Waals surface area contributed by atoms with Crippen molar-refractivity contribution in [1.29, 1.82) is 0 Å². The van der Waals surface area contributed by atoms with Gasteiger partial charge in [0.25, 0.3) is 0 Å².